The van der Waals surface area contributed by atoms with Crippen molar-refractivity contribution in [2.75, 3.05) is 7.11 Å². The maximum atomic E-state index is 12.0. The molecule has 21 heavy (non-hydrogen) atoms. The summed E-state index contributed by atoms with van der Waals surface area (Å²) in [5.41, 5.74) is 0.694. The number of hydrogen-bond donors (Lipinski definition) is 0. The zero-order valence-corrected chi connectivity index (χ0v) is 12.6. The molecule has 3 aromatic rings. The molecule has 0 aliphatic carbocycles. The molecule has 0 aliphatic heterocycles. The summed E-state index contributed by atoms with van der Waals surface area (Å²) in [6.07, 6.45) is 3.23. The van der Waals surface area contributed by atoms with Gasteiger partial charge < -0.3 is 9.15 Å². The Bertz CT molecular complexity index is 824. The fourth-order valence-electron chi connectivity index (χ4n) is 2.11. The zero-order valence-electron chi connectivity index (χ0n) is 11.8. The number of carbonyl (C=O) groups excluding carboxylic acids is 1. The minimum absolute atomic E-state index is 0.0134. The molecule has 0 saturated heterocycles. The van der Waals surface area contributed by atoms with E-state index in [0.717, 1.165) is 15.1 Å². The number of allylic oxidation sites excluding steroid dienone is 1. The summed E-state index contributed by atoms with van der Waals surface area (Å²) >= 11 is 1.49. The van der Waals surface area contributed by atoms with E-state index in [9.17, 15) is 4.79 Å². The summed E-state index contributed by atoms with van der Waals surface area (Å²) < 4.78 is 11.0. The van der Waals surface area contributed by atoms with Crippen LogP contribution in [-0.4, -0.2) is 12.9 Å². The number of rotatable bonds is 4. The molecule has 0 bridgehead atoms. The van der Waals surface area contributed by atoms with E-state index in [1.54, 1.807) is 13.2 Å². The Hall–Kier alpha value is -2.33. The SMILES string of the molecule is COc1cccc2cc(/C=C/C(=O)c3ccc(C)s3)oc12. The molecule has 0 amide bonds. The number of carbonyl (C=O) groups is 1. The summed E-state index contributed by atoms with van der Waals surface area (Å²) in [5.74, 6) is 1.31. The molecule has 2 aromatic heterocycles. The van der Waals surface area contributed by atoms with Gasteiger partial charge in [-0.25, -0.2) is 0 Å². The Morgan fingerprint density at radius 2 is 2.14 bits per heavy atom. The second-order valence-electron chi connectivity index (χ2n) is 4.64. The first-order valence-corrected chi connectivity index (χ1v) is 7.34. The molecule has 106 valence electrons. The number of para-hydroxylation sites is 1. The van der Waals surface area contributed by atoms with Crippen LogP contribution < -0.4 is 4.74 Å². The second kappa shape index (κ2) is 5.58. The van der Waals surface area contributed by atoms with Crippen molar-refractivity contribution in [3.8, 4) is 5.75 Å². The highest BCUT2D eigenvalue weighted by Crippen LogP contribution is 2.29. The molecule has 4 heteroatoms. The first kappa shape index (κ1) is 13.6. The average molecular weight is 298 g/mol. The first-order chi connectivity index (χ1) is 10.2. The lowest BCUT2D eigenvalue weighted by atomic mass is 10.2. The van der Waals surface area contributed by atoms with Crippen LogP contribution in [0.3, 0.4) is 0 Å². The predicted octanol–water partition coefficient (Wildman–Crippen LogP) is 4.71. The number of hydrogen-bond acceptors (Lipinski definition) is 4. The quantitative estimate of drug-likeness (QED) is 0.517. The molecule has 3 nitrogen and oxygen atoms in total. The van der Waals surface area contributed by atoms with Crippen molar-refractivity contribution in [2.45, 2.75) is 6.92 Å². The van der Waals surface area contributed by atoms with E-state index in [1.165, 1.54) is 17.4 Å². The molecular weight excluding hydrogens is 284 g/mol. The van der Waals surface area contributed by atoms with Gasteiger partial charge in [0.25, 0.3) is 0 Å². The second-order valence-corrected chi connectivity index (χ2v) is 5.92. The van der Waals surface area contributed by atoms with Gasteiger partial charge in [-0.2, -0.15) is 0 Å². The molecule has 0 atom stereocenters. The van der Waals surface area contributed by atoms with E-state index in [4.69, 9.17) is 9.15 Å². The van der Waals surface area contributed by atoms with Crippen LogP contribution in [0.25, 0.3) is 17.0 Å². The molecule has 0 N–H and O–H groups in total. The third-order valence-electron chi connectivity index (χ3n) is 3.13. The van der Waals surface area contributed by atoms with Crippen molar-refractivity contribution < 1.29 is 13.9 Å². The lowest BCUT2D eigenvalue weighted by molar-refractivity contribution is 0.105. The van der Waals surface area contributed by atoms with E-state index >= 15 is 0 Å². The highest BCUT2D eigenvalue weighted by atomic mass is 32.1. The fourth-order valence-corrected chi connectivity index (χ4v) is 2.89. The van der Waals surface area contributed by atoms with Crippen LogP contribution >= 0.6 is 11.3 Å². The molecule has 0 unspecified atom stereocenters. The summed E-state index contributed by atoms with van der Waals surface area (Å²) in [7, 11) is 1.61. The minimum atomic E-state index is -0.0134. The first-order valence-electron chi connectivity index (χ1n) is 6.53. The van der Waals surface area contributed by atoms with Crippen LogP contribution in [0, 0.1) is 6.92 Å². The average Bonchev–Trinajstić information content (AvgIpc) is 3.10. The summed E-state index contributed by atoms with van der Waals surface area (Å²) in [4.78, 5) is 13.9. The molecule has 0 fully saturated rings. The molecule has 3 rings (SSSR count). The molecule has 1 aromatic carbocycles. The smallest absolute Gasteiger partial charge is 0.195 e. The topological polar surface area (TPSA) is 39.4 Å². The number of ketones is 1. The largest absolute Gasteiger partial charge is 0.493 e. The van der Waals surface area contributed by atoms with Gasteiger partial charge in [-0.1, -0.05) is 12.1 Å². The number of methoxy groups -OCH3 is 1. The van der Waals surface area contributed by atoms with Gasteiger partial charge in [0.05, 0.1) is 12.0 Å². The van der Waals surface area contributed by atoms with Gasteiger partial charge in [-0.3, -0.25) is 4.79 Å². The molecular formula is C17H14O3S. The molecule has 0 aliphatic rings. The number of thiophene rings is 1. The van der Waals surface area contributed by atoms with Crippen LogP contribution in [-0.2, 0) is 0 Å². The summed E-state index contributed by atoms with van der Waals surface area (Å²) in [6, 6.07) is 11.4. The van der Waals surface area contributed by atoms with Gasteiger partial charge in [-0.05, 0) is 43.3 Å². The van der Waals surface area contributed by atoms with E-state index in [2.05, 4.69) is 0 Å². The number of ether oxygens (including phenoxy) is 1. The fraction of sp³-hybridized carbons (Fsp3) is 0.118. The lowest BCUT2D eigenvalue weighted by Gasteiger charge is -1.98. The standard InChI is InChI=1S/C17H14O3S/c1-11-6-9-16(21-11)14(18)8-7-13-10-12-4-3-5-15(19-2)17(12)20-13/h3-10H,1-2H3/b8-7+. The van der Waals surface area contributed by atoms with Gasteiger partial charge in [-0.15, -0.1) is 11.3 Å². The van der Waals surface area contributed by atoms with E-state index in [-0.39, 0.29) is 5.78 Å². The third-order valence-corrected chi connectivity index (χ3v) is 4.14. The van der Waals surface area contributed by atoms with Gasteiger partial charge in [0.1, 0.15) is 5.76 Å². The van der Waals surface area contributed by atoms with Crippen LogP contribution in [0.4, 0.5) is 0 Å². The van der Waals surface area contributed by atoms with Crippen molar-refractivity contribution in [1.82, 2.24) is 0 Å². The van der Waals surface area contributed by atoms with Gasteiger partial charge in [0, 0.05) is 10.3 Å². The number of furan rings is 1. The van der Waals surface area contributed by atoms with Crippen molar-refractivity contribution in [3.63, 3.8) is 0 Å². The molecule has 0 saturated carbocycles. The Morgan fingerprint density at radius 3 is 2.86 bits per heavy atom. The summed E-state index contributed by atoms with van der Waals surface area (Å²) in [6.45, 7) is 1.98. The Balaban J connectivity index is 1.88. The van der Waals surface area contributed by atoms with Crippen molar-refractivity contribution >= 4 is 34.2 Å². The maximum absolute atomic E-state index is 12.0. The van der Waals surface area contributed by atoms with Crippen molar-refractivity contribution in [2.24, 2.45) is 0 Å². The van der Waals surface area contributed by atoms with Crippen LogP contribution in [0.5, 0.6) is 5.75 Å². The molecule has 2 heterocycles. The Kier molecular flexibility index (Phi) is 3.62. The Labute approximate surface area is 126 Å². The lowest BCUT2D eigenvalue weighted by Crippen LogP contribution is -1.88. The van der Waals surface area contributed by atoms with Crippen molar-refractivity contribution in [1.29, 1.82) is 0 Å². The molecule has 0 spiro atoms. The van der Waals surface area contributed by atoms with Crippen molar-refractivity contribution in [3.05, 3.63) is 58.0 Å². The normalized spacial score (nSPS) is 11.3. The monoisotopic (exact) mass is 298 g/mol. The van der Waals surface area contributed by atoms with Gasteiger partial charge >= 0.3 is 0 Å². The van der Waals surface area contributed by atoms with Crippen LogP contribution in [0.15, 0.2) is 46.9 Å². The van der Waals surface area contributed by atoms with Gasteiger partial charge in [0.2, 0.25) is 0 Å². The zero-order chi connectivity index (χ0) is 14.8. The summed E-state index contributed by atoms with van der Waals surface area (Å²) in [5, 5.41) is 0.952. The van der Waals surface area contributed by atoms with E-state index < -0.39 is 0 Å². The van der Waals surface area contributed by atoms with Crippen LogP contribution in [0.1, 0.15) is 20.3 Å². The Morgan fingerprint density at radius 1 is 1.29 bits per heavy atom. The number of benzene rings is 1. The third kappa shape index (κ3) is 2.76. The highest BCUT2D eigenvalue weighted by Gasteiger charge is 2.08. The van der Waals surface area contributed by atoms with E-state index in [1.807, 2.05) is 43.3 Å². The molecule has 0 radical (unpaired) electrons. The van der Waals surface area contributed by atoms with E-state index in [0.29, 0.717) is 17.1 Å². The van der Waals surface area contributed by atoms with Crippen LogP contribution in [0.2, 0.25) is 0 Å². The van der Waals surface area contributed by atoms with Gasteiger partial charge in [0.15, 0.2) is 17.1 Å². The minimum Gasteiger partial charge on any atom is -0.493 e. The number of fused-ring (bicyclic) bond motifs is 1. The number of aryl methyl sites for hydroxylation is 1. The predicted molar refractivity (Wildman–Crippen MR) is 85.2 cm³/mol. The maximum Gasteiger partial charge on any atom is 0.195 e. The highest BCUT2D eigenvalue weighted by molar-refractivity contribution is 7.14.